The fourth-order valence-electron chi connectivity index (χ4n) is 0.761. The number of rotatable bonds is 6. The van der Waals surface area contributed by atoms with Crippen LogP contribution in [0.4, 0.5) is 0 Å². The van der Waals surface area contributed by atoms with E-state index in [1.165, 1.54) is 0 Å². The van der Waals surface area contributed by atoms with Gasteiger partial charge in [0.25, 0.3) is 0 Å². The molecule has 0 saturated heterocycles. The maximum absolute atomic E-state index is 10.4. The highest BCUT2D eigenvalue weighted by Gasteiger charge is 2.14. The number of carbonyl (C=O) groups is 1. The van der Waals surface area contributed by atoms with E-state index in [0.717, 1.165) is 6.42 Å². The lowest BCUT2D eigenvalue weighted by Gasteiger charge is -2.11. The molecule has 0 bridgehead atoms. The molecular formula is C7H18ClNO4. The average Bonchev–Trinajstić information content (AvgIpc) is 1.97. The number of nitrogens with one attached hydrogen (secondary N) is 1. The van der Waals surface area contributed by atoms with Crippen LogP contribution in [-0.2, 0) is 4.79 Å². The molecule has 0 amide bonds. The van der Waals surface area contributed by atoms with Crippen molar-refractivity contribution in [3.05, 3.63) is 0 Å². The normalized spacial score (nSPS) is 10.9. The summed E-state index contributed by atoms with van der Waals surface area (Å²) in [6.07, 6.45) is 1.17. The molecule has 5 nitrogen and oxygen atoms in total. The molecule has 0 fully saturated rings. The van der Waals surface area contributed by atoms with Gasteiger partial charge in [-0.1, -0.05) is 6.92 Å². The molecule has 0 radical (unpaired) electrons. The molecule has 0 spiro atoms. The minimum absolute atomic E-state index is 0. The maximum Gasteiger partial charge on any atom is 0.320 e. The van der Waals surface area contributed by atoms with Crippen molar-refractivity contribution in [3.63, 3.8) is 0 Å². The molecular weight excluding hydrogens is 198 g/mol. The van der Waals surface area contributed by atoms with Crippen LogP contribution in [0.1, 0.15) is 19.8 Å². The van der Waals surface area contributed by atoms with Gasteiger partial charge in [-0.25, -0.2) is 0 Å². The third-order valence-corrected chi connectivity index (χ3v) is 1.36. The molecule has 0 heterocycles. The number of hydrogen-bond donors (Lipinski definition) is 3. The van der Waals surface area contributed by atoms with Gasteiger partial charge in [-0.3, -0.25) is 4.79 Å². The molecule has 0 aromatic carbocycles. The predicted octanol–water partition coefficient (Wildman–Crippen LogP) is -0.581. The minimum Gasteiger partial charge on any atom is -0.480 e. The van der Waals surface area contributed by atoms with Gasteiger partial charge in [0.1, 0.15) is 6.04 Å². The molecule has 0 rings (SSSR count). The van der Waals surface area contributed by atoms with Crippen LogP contribution in [0.25, 0.3) is 0 Å². The summed E-state index contributed by atoms with van der Waals surface area (Å²) < 4.78 is 0. The Labute approximate surface area is 83.9 Å². The smallest absolute Gasteiger partial charge is 0.320 e. The van der Waals surface area contributed by atoms with Gasteiger partial charge >= 0.3 is 5.97 Å². The first-order chi connectivity index (χ1) is 5.22. The second-order valence-corrected chi connectivity index (χ2v) is 2.36. The van der Waals surface area contributed by atoms with Crippen LogP contribution in [0.15, 0.2) is 0 Å². The molecule has 82 valence electrons. The Balaban J connectivity index is -0.000000500. The number of aliphatic hydroxyl groups excluding tert-OH is 1. The topological polar surface area (TPSA) is 101 Å². The quantitative estimate of drug-likeness (QED) is 0.552. The Morgan fingerprint density at radius 1 is 1.54 bits per heavy atom. The lowest BCUT2D eigenvalue weighted by atomic mass is 10.2. The van der Waals surface area contributed by atoms with Gasteiger partial charge in [0, 0.05) is 6.61 Å². The summed E-state index contributed by atoms with van der Waals surface area (Å²) in [7, 11) is 0. The number of carboxylic acids is 1. The Morgan fingerprint density at radius 3 is 2.38 bits per heavy atom. The number of halogens is 1. The number of carboxylic acid groups (broad SMARTS) is 1. The summed E-state index contributed by atoms with van der Waals surface area (Å²) in [6, 6.07) is -0.597. The van der Waals surface area contributed by atoms with Crippen LogP contribution < -0.4 is 5.32 Å². The Hall–Kier alpha value is -0.360. The van der Waals surface area contributed by atoms with E-state index in [4.69, 9.17) is 10.2 Å². The number of aliphatic hydroxyl groups is 1. The summed E-state index contributed by atoms with van der Waals surface area (Å²) in [5.41, 5.74) is 0. The van der Waals surface area contributed by atoms with E-state index in [1.807, 2.05) is 6.92 Å². The standard InChI is InChI=1S/C7H15NO3.ClH.H2O/c1-2-4-8-6(3-5-9)7(10)11;;/h6,8-9H,2-5H2,1H3,(H,10,11);1H;1H2/t6-;;/m0../s1. The molecule has 0 unspecified atom stereocenters. The molecule has 1 atom stereocenters. The van der Waals surface area contributed by atoms with Crippen LogP contribution in [0.3, 0.4) is 0 Å². The first-order valence-electron chi connectivity index (χ1n) is 3.79. The molecule has 13 heavy (non-hydrogen) atoms. The lowest BCUT2D eigenvalue weighted by molar-refractivity contribution is -0.139. The highest BCUT2D eigenvalue weighted by atomic mass is 35.5. The number of hydrogen-bond acceptors (Lipinski definition) is 3. The second kappa shape index (κ2) is 11.6. The first kappa shape index (κ1) is 18.4. The van der Waals surface area contributed by atoms with Crippen LogP contribution >= 0.6 is 12.4 Å². The van der Waals surface area contributed by atoms with Gasteiger partial charge in [0.2, 0.25) is 0 Å². The minimum atomic E-state index is -0.896. The van der Waals surface area contributed by atoms with Crippen molar-refractivity contribution in [2.24, 2.45) is 0 Å². The zero-order valence-corrected chi connectivity index (χ0v) is 8.43. The molecule has 5 N–H and O–H groups in total. The first-order valence-corrected chi connectivity index (χ1v) is 3.79. The summed E-state index contributed by atoms with van der Waals surface area (Å²) in [5.74, 6) is -0.896. The highest BCUT2D eigenvalue weighted by Crippen LogP contribution is 1.90. The van der Waals surface area contributed by atoms with E-state index in [2.05, 4.69) is 5.32 Å². The monoisotopic (exact) mass is 215 g/mol. The Morgan fingerprint density at radius 2 is 2.08 bits per heavy atom. The Kier molecular flexibility index (Phi) is 16.5. The number of aliphatic carboxylic acids is 1. The van der Waals surface area contributed by atoms with Crippen LogP contribution in [0.5, 0.6) is 0 Å². The van der Waals surface area contributed by atoms with Gasteiger partial charge in [0.15, 0.2) is 0 Å². The van der Waals surface area contributed by atoms with Gasteiger partial charge in [-0.15, -0.1) is 12.4 Å². The van der Waals surface area contributed by atoms with E-state index >= 15 is 0 Å². The average molecular weight is 216 g/mol. The van der Waals surface area contributed by atoms with Crippen LogP contribution in [0.2, 0.25) is 0 Å². The fraction of sp³-hybridized carbons (Fsp3) is 0.857. The molecule has 0 aromatic rings. The maximum atomic E-state index is 10.4. The largest absolute Gasteiger partial charge is 0.480 e. The van der Waals surface area contributed by atoms with Crippen molar-refractivity contribution >= 4 is 18.4 Å². The van der Waals surface area contributed by atoms with E-state index in [1.54, 1.807) is 0 Å². The van der Waals surface area contributed by atoms with Crippen LogP contribution in [-0.4, -0.2) is 40.9 Å². The van der Waals surface area contributed by atoms with Crippen molar-refractivity contribution in [2.45, 2.75) is 25.8 Å². The fourth-order valence-corrected chi connectivity index (χ4v) is 0.761. The van der Waals surface area contributed by atoms with Gasteiger partial charge < -0.3 is 21.0 Å². The summed E-state index contributed by atoms with van der Waals surface area (Å²) in [5, 5.41) is 19.8. The summed E-state index contributed by atoms with van der Waals surface area (Å²) in [6.45, 7) is 2.55. The molecule has 6 heteroatoms. The van der Waals surface area contributed by atoms with Crippen molar-refractivity contribution in [3.8, 4) is 0 Å². The molecule has 0 aliphatic carbocycles. The third kappa shape index (κ3) is 9.55. The zero-order valence-electron chi connectivity index (χ0n) is 7.62. The SMILES string of the molecule is CCCN[C@@H](CCO)C(=O)O.Cl.O. The van der Waals surface area contributed by atoms with Crippen molar-refractivity contribution in [2.75, 3.05) is 13.2 Å². The summed E-state index contributed by atoms with van der Waals surface area (Å²) >= 11 is 0. The lowest BCUT2D eigenvalue weighted by Crippen LogP contribution is -2.37. The van der Waals surface area contributed by atoms with E-state index < -0.39 is 12.0 Å². The molecule has 0 aromatic heterocycles. The van der Waals surface area contributed by atoms with Crippen molar-refractivity contribution < 1.29 is 20.5 Å². The van der Waals surface area contributed by atoms with Gasteiger partial charge in [0.05, 0.1) is 0 Å². The Bertz CT molecular complexity index is 123. The van der Waals surface area contributed by atoms with E-state index in [0.29, 0.717) is 6.54 Å². The predicted molar refractivity (Wildman–Crippen MR) is 52.3 cm³/mol. The van der Waals surface area contributed by atoms with E-state index in [-0.39, 0.29) is 30.9 Å². The van der Waals surface area contributed by atoms with Crippen molar-refractivity contribution in [1.82, 2.24) is 5.32 Å². The molecule has 0 aliphatic rings. The van der Waals surface area contributed by atoms with Crippen LogP contribution in [0, 0.1) is 0 Å². The molecule has 0 saturated carbocycles. The van der Waals surface area contributed by atoms with E-state index in [9.17, 15) is 4.79 Å². The highest BCUT2D eigenvalue weighted by molar-refractivity contribution is 5.85. The van der Waals surface area contributed by atoms with Gasteiger partial charge in [-0.2, -0.15) is 0 Å². The molecule has 0 aliphatic heterocycles. The second-order valence-electron chi connectivity index (χ2n) is 2.36. The summed E-state index contributed by atoms with van der Waals surface area (Å²) in [4.78, 5) is 10.4. The zero-order chi connectivity index (χ0) is 8.69. The third-order valence-electron chi connectivity index (χ3n) is 1.36. The van der Waals surface area contributed by atoms with Crippen molar-refractivity contribution in [1.29, 1.82) is 0 Å². The van der Waals surface area contributed by atoms with Gasteiger partial charge in [-0.05, 0) is 19.4 Å².